The predicted molar refractivity (Wildman–Crippen MR) is 125 cm³/mol. The van der Waals surface area contributed by atoms with Crippen LogP contribution in [-0.2, 0) is 13.0 Å². The fourth-order valence-corrected chi connectivity index (χ4v) is 5.40. The average molecular weight is 440 g/mol. The first kappa shape index (κ1) is 19.4. The van der Waals surface area contributed by atoms with Crippen LogP contribution in [0.4, 0.5) is 10.9 Å². The zero-order valence-corrected chi connectivity index (χ0v) is 18.8. The van der Waals surface area contributed by atoms with E-state index >= 15 is 0 Å². The highest BCUT2D eigenvalue weighted by Crippen LogP contribution is 2.32. The second-order valence-corrected chi connectivity index (χ2v) is 9.78. The Labute approximate surface area is 184 Å². The third kappa shape index (κ3) is 4.04. The number of nitrogens with one attached hydrogen (secondary N) is 2. The molecule has 3 aromatic heterocycles. The van der Waals surface area contributed by atoms with Gasteiger partial charge < -0.3 is 15.5 Å². The largest absolute Gasteiger partial charge is 0.356 e. The third-order valence-corrected chi connectivity index (χ3v) is 7.33. The van der Waals surface area contributed by atoms with Gasteiger partial charge in [0.2, 0.25) is 0 Å². The van der Waals surface area contributed by atoms with E-state index in [4.69, 9.17) is 15.0 Å². The van der Waals surface area contributed by atoms with Crippen LogP contribution in [0.3, 0.4) is 0 Å². The Hall–Kier alpha value is -2.52. The van der Waals surface area contributed by atoms with Gasteiger partial charge in [-0.3, -0.25) is 4.99 Å². The summed E-state index contributed by atoms with van der Waals surface area (Å²) in [5.41, 5.74) is 3.05. The smallest absolute Gasteiger partial charge is 0.197 e. The summed E-state index contributed by atoms with van der Waals surface area (Å²) in [5, 5.41) is 10.7. The molecule has 0 saturated heterocycles. The van der Waals surface area contributed by atoms with Gasteiger partial charge in [0, 0.05) is 42.2 Å². The van der Waals surface area contributed by atoms with Crippen LogP contribution >= 0.6 is 22.7 Å². The van der Waals surface area contributed by atoms with Gasteiger partial charge in [-0.15, -0.1) is 22.7 Å². The Morgan fingerprint density at radius 3 is 2.93 bits per heavy atom. The van der Waals surface area contributed by atoms with E-state index in [-0.39, 0.29) is 0 Å². The Kier molecular flexibility index (Phi) is 5.39. The summed E-state index contributed by atoms with van der Waals surface area (Å²) in [5.74, 6) is 2.29. The number of aliphatic imine (C=N–C) groups is 1. The van der Waals surface area contributed by atoms with Crippen molar-refractivity contribution in [2.45, 2.75) is 39.2 Å². The van der Waals surface area contributed by atoms with Crippen LogP contribution in [0.2, 0.25) is 0 Å². The van der Waals surface area contributed by atoms with Crippen LogP contribution in [0.5, 0.6) is 0 Å². The van der Waals surface area contributed by atoms with Crippen molar-refractivity contribution in [2.75, 3.05) is 29.9 Å². The minimum atomic E-state index is 0.484. The molecule has 5 rings (SSSR count). The van der Waals surface area contributed by atoms with E-state index in [0.717, 1.165) is 67.3 Å². The molecule has 0 aromatic carbocycles. The summed E-state index contributed by atoms with van der Waals surface area (Å²) in [6.45, 7) is 8.05. The van der Waals surface area contributed by atoms with Crippen LogP contribution in [0.1, 0.15) is 41.8 Å². The van der Waals surface area contributed by atoms with E-state index in [1.807, 2.05) is 22.8 Å². The van der Waals surface area contributed by atoms with Crippen molar-refractivity contribution in [3.8, 4) is 11.4 Å². The number of hydrogen-bond donors (Lipinski definition) is 2. The lowest BCUT2D eigenvalue weighted by molar-refractivity contribution is 0.714. The van der Waals surface area contributed by atoms with Crippen LogP contribution < -0.4 is 15.5 Å². The molecule has 30 heavy (non-hydrogen) atoms. The highest BCUT2D eigenvalue weighted by atomic mass is 32.1. The molecule has 2 N–H and O–H groups in total. The SMILES string of the molecule is CC(C)c1nc2c(s1)CN(c1cccc(-c3csc(NC4=NCCCN4)n3)n1)CC2. The van der Waals surface area contributed by atoms with Crippen LogP contribution in [0, 0.1) is 0 Å². The van der Waals surface area contributed by atoms with Gasteiger partial charge in [0.05, 0.1) is 22.9 Å². The Morgan fingerprint density at radius 1 is 1.17 bits per heavy atom. The highest BCUT2D eigenvalue weighted by molar-refractivity contribution is 7.14. The van der Waals surface area contributed by atoms with Gasteiger partial charge in [-0.1, -0.05) is 19.9 Å². The molecule has 9 heteroatoms. The number of rotatable bonds is 4. The van der Waals surface area contributed by atoms with Gasteiger partial charge in [0.1, 0.15) is 11.5 Å². The molecule has 156 valence electrons. The number of fused-ring (bicyclic) bond motifs is 1. The number of hydrogen-bond acceptors (Lipinski definition) is 9. The number of guanidine groups is 1. The summed E-state index contributed by atoms with van der Waals surface area (Å²) in [4.78, 5) is 22.6. The summed E-state index contributed by atoms with van der Waals surface area (Å²) in [6, 6.07) is 6.18. The molecule has 0 saturated carbocycles. The number of pyridine rings is 1. The first-order chi connectivity index (χ1) is 14.7. The third-order valence-electron chi connectivity index (χ3n) is 5.19. The maximum absolute atomic E-state index is 4.92. The van der Waals surface area contributed by atoms with E-state index in [9.17, 15) is 0 Å². The Bertz CT molecular complexity index is 1070. The van der Waals surface area contributed by atoms with Crippen LogP contribution in [0.15, 0.2) is 28.6 Å². The summed E-state index contributed by atoms with van der Waals surface area (Å²) in [7, 11) is 0. The lowest BCUT2D eigenvalue weighted by Gasteiger charge is -2.27. The van der Waals surface area contributed by atoms with Gasteiger partial charge in [0.25, 0.3) is 0 Å². The van der Waals surface area contributed by atoms with E-state index in [1.54, 1.807) is 11.3 Å². The number of nitrogens with zero attached hydrogens (tertiary/aromatic N) is 5. The molecule has 0 spiro atoms. The molecule has 0 radical (unpaired) electrons. The van der Waals surface area contributed by atoms with Gasteiger partial charge in [-0.05, 0) is 18.6 Å². The van der Waals surface area contributed by atoms with Gasteiger partial charge in [0.15, 0.2) is 11.1 Å². The van der Waals surface area contributed by atoms with Gasteiger partial charge in [-0.25, -0.2) is 15.0 Å². The van der Waals surface area contributed by atoms with E-state index < -0.39 is 0 Å². The fraction of sp³-hybridized carbons (Fsp3) is 0.429. The summed E-state index contributed by atoms with van der Waals surface area (Å²) in [6.07, 6.45) is 2.05. The van der Waals surface area contributed by atoms with Gasteiger partial charge >= 0.3 is 0 Å². The number of anilines is 2. The predicted octanol–water partition coefficient (Wildman–Crippen LogP) is 4.11. The van der Waals surface area contributed by atoms with Crippen molar-refractivity contribution in [2.24, 2.45) is 4.99 Å². The standard InChI is InChI=1S/C21H25N7S2/c1-13(2)19-25-15-7-10-28(11-17(15)30-19)18-6-3-5-14(24-18)16-12-29-21(26-16)27-20-22-8-4-9-23-20/h3,5-6,12-13H,4,7-11H2,1-2H3,(H2,22,23,26,27). The number of aromatic nitrogens is 3. The molecule has 0 fully saturated rings. The van der Waals surface area contributed by atoms with Crippen molar-refractivity contribution in [3.63, 3.8) is 0 Å². The van der Waals surface area contributed by atoms with E-state index in [1.165, 1.54) is 15.6 Å². The minimum Gasteiger partial charge on any atom is -0.356 e. The molecular formula is C21H25N7S2. The van der Waals surface area contributed by atoms with Crippen LogP contribution in [-0.4, -0.2) is 40.5 Å². The molecule has 0 unspecified atom stereocenters. The van der Waals surface area contributed by atoms with E-state index in [2.05, 4.69) is 46.5 Å². The van der Waals surface area contributed by atoms with Crippen molar-refractivity contribution in [1.29, 1.82) is 0 Å². The topological polar surface area (TPSA) is 78.3 Å². The zero-order valence-electron chi connectivity index (χ0n) is 17.2. The molecule has 0 amide bonds. The summed E-state index contributed by atoms with van der Waals surface area (Å²) >= 11 is 3.42. The molecule has 3 aromatic rings. The summed E-state index contributed by atoms with van der Waals surface area (Å²) < 4.78 is 0. The van der Waals surface area contributed by atoms with Gasteiger partial charge in [-0.2, -0.15) is 0 Å². The fourth-order valence-electron chi connectivity index (χ4n) is 3.57. The zero-order chi connectivity index (χ0) is 20.5. The molecule has 0 bridgehead atoms. The molecule has 0 atom stereocenters. The molecule has 2 aliphatic heterocycles. The normalized spacial score (nSPS) is 16.2. The number of thiazole rings is 2. The molecule has 5 heterocycles. The molecule has 7 nitrogen and oxygen atoms in total. The Morgan fingerprint density at radius 2 is 2.10 bits per heavy atom. The second kappa shape index (κ2) is 8.31. The molecule has 2 aliphatic rings. The lowest BCUT2D eigenvalue weighted by Crippen LogP contribution is -2.35. The first-order valence-electron chi connectivity index (χ1n) is 10.4. The minimum absolute atomic E-state index is 0.484. The average Bonchev–Trinajstić information content (AvgIpc) is 3.41. The Balaban J connectivity index is 1.33. The van der Waals surface area contributed by atoms with Crippen molar-refractivity contribution < 1.29 is 0 Å². The maximum Gasteiger partial charge on any atom is 0.197 e. The van der Waals surface area contributed by atoms with Crippen molar-refractivity contribution >= 4 is 39.6 Å². The van der Waals surface area contributed by atoms with Crippen molar-refractivity contribution in [1.82, 2.24) is 20.3 Å². The quantitative estimate of drug-likeness (QED) is 0.637. The molecular weight excluding hydrogens is 414 g/mol. The first-order valence-corrected chi connectivity index (χ1v) is 12.1. The highest BCUT2D eigenvalue weighted by Gasteiger charge is 2.23. The molecule has 0 aliphatic carbocycles. The maximum atomic E-state index is 4.92. The second-order valence-electron chi connectivity index (χ2n) is 7.80. The lowest BCUT2D eigenvalue weighted by atomic mass is 10.1. The monoisotopic (exact) mass is 439 g/mol. The van der Waals surface area contributed by atoms with Crippen LogP contribution in [0.25, 0.3) is 11.4 Å². The van der Waals surface area contributed by atoms with Crippen molar-refractivity contribution in [3.05, 3.63) is 39.2 Å². The van der Waals surface area contributed by atoms with E-state index in [0.29, 0.717) is 5.92 Å².